The second-order valence-electron chi connectivity index (χ2n) is 9.99. The summed E-state index contributed by atoms with van der Waals surface area (Å²) in [6.45, 7) is 12.7. The van der Waals surface area contributed by atoms with Gasteiger partial charge in [0, 0.05) is 28.2 Å². The van der Waals surface area contributed by atoms with Gasteiger partial charge in [0.2, 0.25) is 5.95 Å². The average Bonchev–Trinajstić information content (AvgIpc) is 2.98. The van der Waals surface area contributed by atoms with Crippen molar-refractivity contribution < 1.29 is 5.11 Å². The van der Waals surface area contributed by atoms with Crippen molar-refractivity contribution in [3.05, 3.63) is 29.3 Å². The molecule has 0 aliphatic carbocycles. The van der Waals surface area contributed by atoms with Crippen molar-refractivity contribution in [2.24, 2.45) is 0 Å². The molecule has 3 N–H and O–H groups in total. The third-order valence-corrected chi connectivity index (χ3v) is 6.24. The van der Waals surface area contributed by atoms with E-state index in [9.17, 15) is 5.11 Å². The molecule has 6 heteroatoms. The molecule has 3 heterocycles. The van der Waals surface area contributed by atoms with Crippen molar-refractivity contribution in [2.75, 3.05) is 5.32 Å². The maximum absolute atomic E-state index is 9.94. The van der Waals surface area contributed by atoms with Gasteiger partial charge >= 0.3 is 0 Å². The first-order chi connectivity index (χ1) is 12.9. The van der Waals surface area contributed by atoms with Crippen LogP contribution in [0.3, 0.4) is 0 Å². The van der Waals surface area contributed by atoms with E-state index in [1.54, 1.807) is 11.3 Å². The molecule has 3 rings (SSSR count). The lowest BCUT2D eigenvalue weighted by atomic mass is 9.80. The van der Waals surface area contributed by atoms with E-state index in [0.717, 1.165) is 36.3 Å². The third-order valence-electron chi connectivity index (χ3n) is 5.08. The van der Waals surface area contributed by atoms with Crippen LogP contribution in [-0.2, 0) is 6.42 Å². The molecule has 0 bridgehead atoms. The topological polar surface area (TPSA) is 70.1 Å². The minimum absolute atomic E-state index is 0.0835. The first-order valence-electron chi connectivity index (χ1n) is 10.1. The van der Waals surface area contributed by atoms with Crippen molar-refractivity contribution in [3.8, 4) is 10.6 Å². The van der Waals surface area contributed by atoms with Crippen LogP contribution in [0.15, 0.2) is 24.4 Å². The second kappa shape index (κ2) is 7.73. The Balaban J connectivity index is 1.70. The van der Waals surface area contributed by atoms with Gasteiger partial charge in [-0.15, -0.1) is 11.3 Å². The van der Waals surface area contributed by atoms with Gasteiger partial charge in [-0.3, -0.25) is 0 Å². The van der Waals surface area contributed by atoms with Crippen LogP contribution in [0.2, 0.25) is 0 Å². The number of nitrogens with zero attached hydrogens (tertiary/aromatic N) is 2. The Morgan fingerprint density at radius 2 is 1.86 bits per heavy atom. The number of hydrogen-bond acceptors (Lipinski definition) is 6. The highest BCUT2D eigenvalue weighted by Gasteiger charge is 2.37. The number of aryl methyl sites for hydroxylation is 1. The average molecular weight is 403 g/mol. The molecule has 0 aromatic carbocycles. The third kappa shape index (κ3) is 6.00. The Morgan fingerprint density at radius 1 is 1.18 bits per heavy atom. The van der Waals surface area contributed by atoms with Crippen LogP contribution in [-0.4, -0.2) is 37.8 Å². The maximum atomic E-state index is 9.94. The number of rotatable bonds is 6. The highest BCUT2D eigenvalue weighted by molar-refractivity contribution is 7.15. The molecule has 0 radical (unpaired) electrons. The van der Waals surface area contributed by atoms with Gasteiger partial charge in [0.25, 0.3) is 0 Å². The fourth-order valence-electron chi connectivity index (χ4n) is 4.25. The Bertz CT molecular complexity index is 791. The zero-order valence-electron chi connectivity index (χ0n) is 18.0. The van der Waals surface area contributed by atoms with Gasteiger partial charge in [-0.05, 0) is 85.4 Å². The summed E-state index contributed by atoms with van der Waals surface area (Å²) >= 11 is 1.74. The molecule has 1 aliphatic heterocycles. The number of aliphatic hydroxyl groups is 1. The van der Waals surface area contributed by atoms with Crippen molar-refractivity contribution in [1.82, 2.24) is 15.3 Å². The quantitative estimate of drug-likeness (QED) is 0.657. The van der Waals surface area contributed by atoms with Gasteiger partial charge < -0.3 is 15.7 Å². The van der Waals surface area contributed by atoms with Crippen LogP contribution < -0.4 is 10.6 Å². The number of anilines is 1. The second-order valence-corrected chi connectivity index (χ2v) is 11.2. The van der Waals surface area contributed by atoms with Crippen LogP contribution in [0.25, 0.3) is 10.6 Å². The Kier molecular flexibility index (Phi) is 5.86. The lowest BCUT2D eigenvalue weighted by Gasteiger charge is -2.46. The van der Waals surface area contributed by atoms with Crippen LogP contribution in [0.1, 0.15) is 65.7 Å². The predicted octanol–water partition coefficient (Wildman–Crippen LogP) is 4.63. The summed E-state index contributed by atoms with van der Waals surface area (Å²) in [5.74, 6) is 0.697. The smallest absolute Gasteiger partial charge is 0.223 e. The number of aromatic nitrogens is 2. The van der Waals surface area contributed by atoms with E-state index in [1.807, 2.05) is 26.1 Å². The van der Waals surface area contributed by atoms with Gasteiger partial charge in [-0.2, -0.15) is 0 Å². The summed E-state index contributed by atoms with van der Waals surface area (Å²) in [6.07, 6.45) is 5.53. The fourth-order valence-corrected chi connectivity index (χ4v) is 5.23. The summed E-state index contributed by atoms with van der Waals surface area (Å²) in [5.41, 5.74) is 0.483. The van der Waals surface area contributed by atoms with Crippen molar-refractivity contribution in [1.29, 1.82) is 0 Å². The minimum atomic E-state index is -0.632. The zero-order valence-corrected chi connectivity index (χ0v) is 18.8. The van der Waals surface area contributed by atoms with Crippen molar-refractivity contribution in [2.45, 2.75) is 89.9 Å². The van der Waals surface area contributed by atoms with E-state index in [-0.39, 0.29) is 11.1 Å². The Morgan fingerprint density at radius 3 is 2.50 bits per heavy atom. The number of hydrogen-bond donors (Lipinski definition) is 3. The highest BCUT2D eigenvalue weighted by atomic mass is 32.1. The highest BCUT2D eigenvalue weighted by Crippen LogP contribution is 2.31. The summed E-state index contributed by atoms with van der Waals surface area (Å²) in [7, 11) is 0. The minimum Gasteiger partial charge on any atom is -0.390 e. The van der Waals surface area contributed by atoms with Crippen molar-refractivity contribution in [3.63, 3.8) is 0 Å². The van der Waals surface area contributed by atoms with E-state index >= 15 is 0 Å². The predicted molar refractivity (Wildman–Crippen MR) is 118 cm³/mol. The number of nitrogens with one attached hydrogen (secondary N) is 2. The largest absolute Gasteiger partial charge is 0.390 e. The molecular weight excluding hydrogens is 368 g/mol. The molecular formula is C22H34N4OS. The van der Waals surface area contributed by atoms with Crippen molar-refractivity contribution >= 4 is 17.3 Å². The first kappa shape index (κ1) is 21.2. The molecule has 1 fully saturated rings. The maximum Gasteiger partial charge on any atom is 0.223 e. The lowest BCUT2D eigenvalue weighted by Crippen LogP contribution is -2.60. The van der Waals surface area contributed by atoms with E-state index in [0.29, 0.717) is 12.0 Å². The van der Waals surface area contributed by atoms with E-state index in [1.165, 1.54) is 4.88 Å². The summed E-state index contributed by atoms with van der Waals surface area (Å²) < 4.78 is 0. The van der Waals surface area contributed by atoms with Gasteiger partial charge in [0.05, 0.1) is 16.2 Å². The van der Waals surface area contributed by atoms with Gasteiger partial charge in [0.1, 0.15) is 0 Å². The number of thiophene rings is 1. The lowest BCUT2D eigenvalue weighted by molar-refractivity contribution is 0.0716. The van der Waals surface area contributed by atoms with E-state index < -0.39 is 5.60 Å². The molecule has 0 atom stereocenters. The SMILES string of the molecule is CC(C)(O)CCc1ccc(-c2ccnc(NC3CC(C)(C)NC(C)(C)C3)n2)s1. The summed E-state index contributed by atoms with van der Waals surface area (Å²) in [6, 6.07) is 6.56. The standard InChI is InChI=1S/C22H34N4OS/c1-20(2)13-15(14-21(3,4)26-20)24-19-23-12-10-17(25-19)18-8-7-16(28-18)9-11-22(5,6)27/h7-8,10,12,15,26-27H,9,11,13-14H2,1-6H3,(H,23,24,25). The number of piperidine rings is 1. The molecule has 2 aromatic heterocycles. The molecule has 1 aliphatic rings. The molecule has 0 saturated carbocycles. The normalized spacial score (nSPS) is 19.5. The van der Waals surface area contributed by atoms with Gasteiger partial charge in [0.15, 0.2) is 0 Å². The van der Waals surface area contributed by atoms with E-state index in [4.69, 9.17) is 4.98 Å². The molecule has 1 saturated heterocycles. The van der Waals surface area contributed by atoms with E-state index in [2.05, 4.69) is 55.4 Å². The fraction of sp³-hybridized carbons (Fsp3) is 0.636. The zero-order chi connectivity index (χ0) is 20.6. The molecule has 0 amide bonds. The first-order valence-corrected chi connectivity index (χ1v) is 10.9. The molecule has 0 spiro atoms. The Labute approximate surface area is 173 Å². The molecule has 0 unspecified atom stereocenters. The molecule has 5 nitrogen and oxygen atoms in total. The van der Waals surface area contributed by atoms with Crippen LogP contribution in [0.5, 0.6) is 0 Å². The van der Waals surface area contributed by atoms with Crippen LogP contribution in [0, 0.1) is 0 Å². The Hall–Kier alpha value is -1.50. The van der Waals surface area contributed by atoms with Crippen LogP contribution >= 0.6 is 11.3 Å². The molecule has 2 aromatic rings. The van der Waals surface area contributed by atoms with Crippen LogP contribution in [0.4, 0.5) is 5.95 Å². The molecule has 28 heavy (non-hydrogen) atoms. The molecule has 154 valence electrons. The monoisotopic (exact) mass is 402 g/mol. The van der Waals surface area contributed by atoms with Gasteiger partial charge in [-0.1, -0.05) is 0 Å². The summed E-state index contributed by atoms with van der Waals surface area (Å²) in [4.78, 5) is 11.6. The summed E-state index contributed by atoms with van der Waals surface area (Å²) in [5, 5.41) is 17.2. The van der Waals surface area contributed by atoms with Gasteiger partial charge in [-0.25, -0.2) is 9.97 Å².